The van der Waals surface area contributed by atoms with E-state index in [0.717, 1.165) is 11.1 Å². The van der Waals surface area contributed by atoms with E-state index in [1.165, 1.54) is 14.2 Å². The van der Waals surface area contributed by atoms with Gasteiger partial charge in [0, 0.05) is 25.5 Å². The van der Waals surface area contributed by atoms with Gasteiger partial charge in [0.25, 0.3) is 4.84 Å². The summed E-state index contributed by atoms with van der Waals surface area (Å²) in [5, 5.41) is 11.6. The zero-order valence-corrected chi connectivity index (χ0v) is 17.5. The fourth-order valence-corrected chi connectivity index (χ4v) is 4.51. The molecule has 0 saturated carbocycles. The SMILES string of the molecule is COC(OC)[C@]1(C)Oc2ccc(N)cc2[C@H](n2c(=S)oc3cccc(C)c32)[C@H]1O. The number of nitrogen functional groups attached to an aromatic ring is 1. The van der Waals surface area contributed by atoms with Crippen LogP contribution in [-0.4, -0.2) is 41.9 Å². The molecule has 2 aromatic carbocycles. The van der Waals surface area contributed by atoms with Crippen LogP contribution in [0.5, 0.6) is 5.75 Å². The summed E-state index contributed by atoms with van der Waals surface area (Å²) in [5.41, 5.74) is 8.55. The number of aliphatic hydroxyl groups excluding tert-OH is 1. The number of anilines is 1. The maximum absolute atomic E-state index is 11.6. The van der Waals surface area contributed by atoms with Crippen molar-refractivity contribution in [2.24, 2.45) is 0 Å². The Balaban J connectivity index is 2.03. The third-order valence-electron chi connectivity index (χ3n) is 5.58. The van der Waals surface area contributed by atoms with E-state index in [-0.39, 0.29) is 4.84 Å². The highest BCUT2D eigenvalue weighted by atomic mass is 32.1. The molecule has 8 heteroatoms. The van der Waals surface area contributed by atoms with Gasteiger partial charge in [-0.2, -0.15) is 0 Å². The predicted octanol–water partition coefficient (Wildman–Crippen LogP) is 3.57. The predicted molar refractivity (Wildman–Crippen MR) is 112 cm³/mol. The Bertz CT molecular complexity index is 1120. The van der Waals surface area contributed by atoms with Crippen molar-refractivity contribution in [3.63, 3.8) is 0 Å². The number of hydrogen-bond donors (Lipinski definition) is 2. The number of ether oxygens (including phenoxy) is 3. The van der Waals surface area contributed by atoms with E-state index < -0.39 is 24.0 Å². The molecular weight excluding hydrogens is 392 g/mol. The molecule has 0 bridgehead atoms. The summed E-state index contributed by atoms with van der Waals surface area (Å²) in [5.74, 6) is 0.570. The molecule has 0 saturated heterocycles. The van der Waals surface area contributed by atoms with Crippen LogP contribution >= 0.6 is 12.2 Å². The molecule has 1 aliphatic rings. The summed E-state index contributed by atoms with van der Waals surface area (Å²) in [6, 6.07) is 10.4. The maximum atomic E-state index is 11.6. The first kappa shape index (κ1) is 19.9. The van der Waals surface area contributed by atoms with Crippen LogP contribution in [0.4, 0.5) is 5.69 Å². The zero-order chi connectivity index (χ0) is 20.9. The highest BCUT2D eigenvalue weighted by molar-refractivity contribution is 7.71. The zero-order valence-electron chi connectivity index (χ0n) is 16.7. The van der Waals surface area contributed by atoms with Crippen molar-refractivity contribution in [3.05, 3.63) is 52.4 Å². The Morgan fingerprint density at radius 2 is 1.97 bits per heavy atom. The lowest BCUT2D eigenvalue weighted by molar-refractivity contribution is -0.238. The summed E-state index contributed by atoms with van der Waals surface area (Å²) in [6.45, 7) is 3.72. The molecule has 3 atom stereocenters. The van der Waals surface area contributed by atoms with Crippen molar-refractivity contribution in [3.8, 4) is 5.75 Å². The molecule has 29 heavy (non-hydrogen) atoms. The lowest BCUT2D eigenvalue weighted by atomic mass is 9.84. The Morgan fingerprint density at radius 1 is 1.24 bits per heavy atom. The molecule has 0 radical (unpaired) electrons. The first-order valence-electron chi connectivity index (χ1n) is 9.24. The first-order valence-corrected chi connectivity index (χ1v) is 9.65. The molecule has 0 aliphatic carbocycles. The van der Waals surface area contributed by atoms with Crippen LogP contribution in [0, 0.1) is 11.8 Å². The minimum atomic E-state index is -1.21. The lowest BCUT2D eigenvalue weighted by Gasteiger charge is -2.46. The summed E-state index contributed by atoms with van der Waals surface area (Å²) < 4.78 is 24.8. The molecule has 0 spiro atoms. The Labute approximate surface area is 173 Å². The molecule has 7 nitrogen and oxygen atoms in total. The van der Waals surface area contributed by atoms with Gasteiger partial charge in [0.15, 0.2) is 17.5 Å². The van der Waals surface area contributed by atoms with Gasteiger partial charge < -0.3 is 29.5 Å². The molecule has 1 aliphatic heterocycles. The minimum absolute atomic E-state index is 0.252. The number of aromatic nitrogens is 1. The number of aryl methyl sites for hydroxylation is 1. The van der Waals surface area contributed by atoms with Gasteiger partial charge in [0.1, 0.15) is 11.9 Å². The van der Waals surface area contributed by atoms with Gasteiger partial charge in [0.2, 0.25) is 0 Å². The van der Waals surface area contributed by atoms with E-state index in [2.05, 4.69) is 0 Å². The van der Waals surface area contributed by atoms with E-state index in [0.29, 0.717) is 22.6 Å². The summed E-state index contributed by atoms with van der Waals surface area (Å²) in [6.07, 6.45) is -1.90. The number of methoxy groups -OCH3 is 2. The number of fused-ring (bicyclic) bond motifs is 2. The number of oxazole rings is 1. The first-order chi connectivity index (χ1) is 13.8. The van der Waals surface area contributed by atoms with Crippen molar-refractivity contribution >= 4 is 29.0 Å². The molecule has 2 heterocycles. The van der Waals surface area contributed by atoms with E-state index in [1.807, 2.05) is 29.7 Å². The molecule has 4 rings (SSSR count). The van der Waals surface area contributed by atoms with Crippen LogP contribution in [0.1, 0.15) is 24.1 Å². The normalized spacial score (nSPS) is 23.9. The molecular formula is C21H24N2O5S. The van der Waals surface area contributed by atoms with Crippen LogP contribution in [0.15, 0.2) is 40.8 Å². The third-order valence-corrected chi connectivity index (χ3v) is 5.86. The largest absolute Gasteiger partial charge is 0.479 e. The van der Waals surface area contributed by atoms with Gasteiger partial charge in [-0.3, -0.25) is 4.57 Å². The molecule has 1 aromatic heterocycles. The monoisotopic (exact) mass is 416 g/mol. The second kappa shape index (κ2) is 7.14. The number of para-hydroxylation sites is 1. The fraction of sp³-hybridized carbons (Fsp3) is 0.381. The summed E-state index contributed by atoms with van der Waals surface area (Å²) in [4.78, 5) is 0.252. The van der Waals surface area contributed by atoms with Crippen molar-refractivity contribution in [1.82, 2.24) is 4.57 Å². The van der Waals surface area contributed by atoms with Gasteiger partial charge in [0.05, 0.1) is 11.6 Å². The van der Waals surface area contributed by atoms with Crippen molar-refractivity contribution < 1.29 is 23.7 Å². The van der Waals surface area contributed by atoms with Crippen molar-refractivity contribution in [1.29, 1.82) is 0 Å². The highest BCUT2D eigenvalue weighted by Crippen LogP contribution is 2.46. The summed E-state index contributed by atoms with van der Waals surface area (Å²) >= 11 is 5.56. The van der Waals surface area contributed by atoms with Crippen LogP contribution in [0.25, 0.3) is 11.1 Å². The van der Waals surface area contributed by atoms with Crippen molar-refractivity contribution in [2.75, 3.05) is 20.0 Å². The van der Waals surface area contributed by atoms with E-state index in [1.54, 1.807) is 25.1 Å². The number of rotatable bonds is 4. The van der Waals surface area contributed by atoms with E-state index in [9.17, 15) is 5.11 Å². The van der Waals surface area contributed by atoms with Crippen LogP contribution in [0.2, 0.25) is 0 Å². The third kappa shape index (κ3) is 2.95. The quantitative estimate of drug-likeness (QED) is 0.382. The molecule has 154 valence electrons. The fourth-order valence-electron chi connectivity index (χ4n) is 4.21. The second-order valence-corrected chi connectivity index (χ2v) is 7.79. The minimum Gasteiger partial charge on any atom is -0.479 e. The summed E-state index contributed by atoms with van der Waals surface area (Å²) in [7, 11) is 3.01. The number of benzene rings is 2. The van der Waals surface area contributed by atoms with Crippen LogP contribution in [0.3, 0.4) is 0 Å². The van der Waals surface area contributed by atoms with Gasteiger partial charge in [-0.15, -0.1) is 0 Å². The molecule has 0 unspecified atom stereocenters. The number of aliphatic hydroxyl groups is 1. The average molecular weight is 416 g/mol. The van der Waals surface area contributed by atoms with Gasteiger partial charge in [-0.05, 0) is 55.9 Å². The molecule has 3 N–H and O–H groups in total. The molecule has 3 aromatic rings. The Morgan fingerprint density at radius 3 is 2.66 bits per heavy atom. The lowest BCUT2D eigenvalue weighted by Crippen LogP contribution is -2.60. The van der Waals surface area contributed by atoms with Gasteiger partial charge in [-0.1, -0.05) is 12.1 Å². The van der Waals surface area contributed by atoms with Crippen molar-refractivity contribution in [2.45, 2.75) is 37.9 Å². The van der Waals surface area contributed by atoms with Crippen LogP contribution < -0.4 is 10.5 Å². The van der Waals surface area contributed by atoms with Crippen LogP contribution in [-0.2, 0) is 9.47 Å². The second-order valence-electron chi connectivity index (χ2n) is 7.44. The number of nitrogens with zero attached hydrogens (tertiary/aromatic N) is 1. The van der Waals surface area contributed by atoms with Gasteiger partial charge >= 0.3 is 0 Å². The highest BCUT2D eigenvalue weighted by Gasteiger charge is 2.53. The average Bonchev–Trinajstić information content (AvgIpc) is 3.01. The van der Waals surface area contributed by atoms with E-state index in [4.69, 9.17) is 36.6 Å². The van der Waals surface area contributed by atoms with Gasteiger partial charge in [-0.25, -0.2) is 0 Å². The maximum Gasteiger partial charge on any atom is 0.270 e. The molecule has 0 amide bonds. The topological polar surface area (TPSA) is 92.0 Å². The number of hydrogen-bond acceptors (Lipinski definition) is 7. The Hall–Kier alpha value is -2.39. The Kier molecular flexibility index (Phi) is 4.90. The number of nitrogens with two attached hydrogens (primary N) is 1. The standard InChI is InChI=1S/C21H24N2O5S/c1-11-6-5-7-15-16(11)23(20(29)27-15)17-13-10-12(22)8-9-14(13)28-21(2,18(17)24)19(25-3)26-4/h5-10,17-19,24H,22H2,1-4H3/t17-,18+,21+/m0/s1. The smallest absolute Gasteiger partial charge is 0.270 e. The molecule has 0 fully saturated rings. The van der Waals surface area contributed by atoms with E-state index >= 15 is 0 Å².